The van der Waals surface area contributed by atoms with Crippen LogP contribution in [0.5, 0.6) is 0 Å². The van der Waals surface area contributed by atoms with Gasteiger partial charge in [0.05, 0.1) is 4.92 Å². The minimum atomic E-state index is -3.84. The van der Waals surface area contributed by atoms with Crippen molar-refractivity contribution < 1.29 is 13.3 Å². The molecule has 2 heterocycles. The van der Waals surface area contributed by atoms with Gasteiger partial charge in [-0.05, 0) is 37.3 Å². The Kier molecular flexibility index (Phi) is 3.70. The maximum absolute atomic E-state index is 12.9. The molecule has 0 aromatic heterocycles. The normalized spacial score (nSPS) is 25.9. The van der Waals surface area contributed by atoms with Gasteiger partial charge in [0.25, 0.3) is 5.69 Å². The highest BCUT2D eigenvalue weighted by Gasteiger charge is 2.46. The molecule has 2 saturated heterocycles. The summed E-state index contributed by atoms with van der Waals surface area (Å²) in [6.45, 7) is 4.18. The smallest absolute Gasteiger partial charge is 0.289 e. The van der Waals surface area contributed by atoms with Crippen molar-refractivity contribution in [2.45, 2.75) is 24.7 Å². The van der Waals surface area contributed by atoms with Gasteiger partial charge in [-0.2, -0.15) is 4.31 Å². The third kappa shape index (κ3) is 2.41. The summed E-state index contributed by atoms with van der Waals surface area (Å²) < 4.78 is 27.3. The van der Waals surface area contributed by atoms with Gasteiger partial charge in [0.15, 0.2) is 4.90 Å². The Morgan fingerprint density at radius 2 is 2.14 bits per heavy atom. The largest absolute Gasteiger partial charge is 0.316 e. The van der Waals surface area contributed by atoms with Crippen LogP contribution in [0.3, 0.4) is 0 Å². The van der Waals surface area contributed by atoms with Gasteiger partial charge >= 0.3 is 0 Å². The first-order chi connectivity index (χ1) is 10.4. The molecule has 3 rings (SSSR count). The highest BCUT2D eigenvalue weighted by molar-refractivity contribution is 7.89. The van der Waals surface area contributed by atoms with Crippen LogP contribution in [0.15, 0.2) is 23.1 Å². The molecule has 0 aliphatic carbocycles. The van der Waals surface area contributed by atoms with Crippen molar-refractivity contribution in [2.75, 3.05) is 26.2 Å². The van der Waals surface area contributed by atoms with Crippen molar-refractivity contribution in [2.24, 2.45) is 5.41 Å². The van der Waals surface area contributed by atoms with Gasteiger partial charge in [-0.15, -0.1) is 0 Å². The number of sulfonamides is 1. The summed E-state index contributed by atoms with van der Waals surface area (Å²) in [6, 6.07) is 4.37. The summed E-state index contributed by atoms with van der Waals surface area (Å²) in [4.78, 5) is 10.4. The summed E-state index contributed by atoms with van der Waals surface area (Å²) in [5.74, 6) is 0. The van der Waals surface area contributed by atoms with Crippen LogP contribution in [-0.2, 0) is 10.0 Å². The molecule has 120 valence electrons. The average Bonchev–Trinajstić information content (AvgIpc) is 3.09. The second-order valence-corrected chi connectivity index (χ2v) is 8.07. The quantitative estimate of drug-likeness (QED) is 0.667. The van der Waals surface area contributed by atoms with Gasteiger partial charge in [0, 0.05) is 25.7 Å². The van der Waals surface area contributed by atoms with Crippen LogP contribution in [0.2, 0.25) is 0 Å². The predicted octanol–water partition coefficient (Wildman–Crippen LogP) is 1.28. The van der Waals surface area contributed by atoms with E-state index in [4.69, 9.17) is 0 Å². The first-order valence-electron chi connectivity index (χ1n) is 7.31. The van der Waals surface area contributed by atoms with Crippen molar-refractivity contribution in [1.82, 2.24) is 9.62 Å². The Bertz CT molecular complexity index is 711. The van der Waals surface area contributed by atoms with E-state index < -0.39 is 14.9 Å². The van der Waals surface area contributed by atoms with Crippen molar-refractivity contribution in [3.05, 3.63) is 33.9 Å². The summed E-state index contributed by atoms with van der Waals surface area (Å²) in [6.07, 6.45) is 1.76. The Morgan fingerprint density at radius 1 is 1.36 bits per heavy atom. The van der Waals surface area contributed by atoms with Gasteiger partial charge in [-0.1, -0.05) is 12.1 Å². The van der Waals surface area contributed by atoms with E-state index in [0.717, 1.165) is 25.9 Å². The fraction of sp³-hybridized carbons (Fsp3) is 0.571. The molecule has 0 amide bonds. The van der Waals surface area contributed by atoms with Gasteiger partial charge in [-0.3, -0.25) is 10.1 Å². The summed E-state index contributed by atoms with van der Waals surface area (Å²) in [5, 5.41) is 14.5. The van der Waals surface area contributed by atoms with E-state index in [1.807, 2.05) is 0 Å². The minimum absolute atomic E-state index is 0.00939. The number of hydrogen-bond acceptors (Lipinski definition) is 5. The van der Waals surface area contributed by atoms with Gasteiger partial charge in [0.1, 0.15) is 0 Å². The van der Waals surface area contributed by atoms with Crippen molar-refractivity contribution in [3.63, 3.8) is 0 Å². The third-order valence-corrected chi connectivity index (χ3v) is 6.76. The minimum Gasteiger partial charge on any atom is -0.316 e. The van der Waals surface area contributed by atoms with E-state index in [-0.39, 0.29) is 16.0 Å². The molecule has 1 atom stereocenters. The summed E-state index contributed by atoms with van der Waals surface area (Å²) in [7, 11) is -3.84. The van der Waals surface area contributed by atoms with E-state index in [1.54, 1.807) is 13.0 Å². The number of hydrogen-bond donors (Lipinski definition) is 1. The molecule has 1 spiro atoms. The molecule has 1 aromatic rings. The lowest BCUT2D eigenvalue weighted by molar-refractivity contribution is -0.387. The lowest BCUT2D eigenvalue weighted by Crippen LogP contribution is -2.34. The highest BCUT2D eigenvalue weighted by Crippen LogP contribution is 2.40. The number of nitrogens with one attached hydrogen (secondary N) is 1. The maximum Gasteiger partial charge on any atom is 0.289 e. The molecule has 2 aliphatic heterocycles. The van der Waals surface area contributed by atoms with Crippen LogP contribution in [0.25, 0.3) is 0 Å². The number of nitrogens with zero attached hydrogens (tertiary/aromatic N) is 2. The Hall–Kier alpha value is -1.51. The zero-order chi connectivity index (χ0) is 16.0. The second-order valence-electron chi connectivity index (χ2n) is 6.20. The predicted molar refractivity (Wildman–Crippen MR) is 81.1 cm³/mol. The number of nitro benzene ring substituents is 1. The Morgan fingerprint density at radius 3 is 2.77 bits per heavy atom. The van der Waals surface area contributed by atoms with Crippen LogP contribution in [0, 0.1) is 22.5 Å². The number of nitro groups is 1. The van der Waals surface area contributed by atoms with Crippen LogP contribution >= 0.6 is 0 Å². The number of aryl methyl sites for hydroxylation is 1. The molecular weight excluding hydrogens is 306 g/mol. The topological polar surface area (TPSA) is 92.5 Å². The van der Waals surface area contributed by atoms with E-state index >= 15 is 0 Å². The molecule has 7 nitrogen and oxygen atoms in total. The summed E-state index contributed by atoms with van der Waals surface area (Å²) >= 11 is 0. The average molecular weight is 325 g/mol. The molecule has 2 aliphatic rings. The first kappa shape index (κ1) is 15.4. The first-order valence-corrected chi connectivity index (χ1v) is 8.75. The molecular formula is C14H19N3O4S. The van der Waals surface area contributed by atoms with Gasteiger partial charge in [0.2, 0.25) is 10.0 Å². The van der Waals surface area contributed by atoms with Crippen molar-refractivity contribution >= 4 is 15.7 Å². The fourth-order valence-corrected chi connectivity index (χ4v) is 5.40. The highest BCUT2D eigenvalue weighted by atomic mass is 32.2. The molecule has 0 radical (unpaired) electrons. The molecule has 1 unspecified atom stereocenters. The number of rotatable bonds is 3. The van der Waals surface area contributed by atoms with Crippen molar-refractivity contribution in [3.8, 4) is 0 Å². The van der Waals surface area contributed by atoms with Gasteiger partial charge in [-0.25, -0.2) is 8.42 Å². The molecule has 0 saturated carbocycles. The summed E-state index contributed by atoms with van der Waals surface area (Å²) in [5.41, 5.74) is 0.0649. The standard InChI is InChI=1S/C14H19N3O4S/c1-11-3-2-4-12(17(18)19)13(11)22(20,21)16-8-6-14(10-16)5-7-15-9-14/h2-4,15H,5-10H2,1H3. The zero-order valence-electron chi connectivity index (χ0n) is 12.4. The molecule has 2 fully saturated rings. The van der Waals surface area contributed by atoms with Crippen LogP contribution < -0.4 is 5.32 Å². The molecule has 8 heteroatoms. The molecule has 22 heavy (non-hydrogen) atoms. The maximum atomic E-state index is 12.9. The molecule has 1 aromatic carbocycles. The van der Waals surface area contributed by atoms with Gasteiger partial charge < -0.3 is 5.32 Å². The SMILES string of the molecule is Cc1cccc([N+](=O)[O-])c1S(=O)(=O)N1CCC2(CCNC2)C1. The van der Waals surface area contributed by atoms with Crippen LogP contribution in [-0.4, -0.2) is 43.8 Å². The Balaban J connectivity index is 1.99. The van der Waals surface area contributed by atoms with Crippen LogP contribution in [0.1, 0.15) is 18.4 Å². The van der Waals surface area contributed by atoms with E-state index in [2.05, 4.69) is 5.32 Å². The van der Waals surface area contributed by atoms with E-state index in [0.29, 0.717) is 18.7 Å². The lowest BCUT2D eigenvalue weighted by atomic mass is 9.87. The second kappa shape index (κ2) is 5.29. The van der Waals surface area contributed by atoms with E-state index in [1.165, 1.54) is 16.4 Å². The Labute approximate surface area is 129 Å². The third-order valence-electron chi connectivity index (χ3n) is 4.72. The lowest BCUT2D eigenvalue weighted by Gasteiger charge is -2.23. The van der Waals surface area contributed by atoms with Crippen LogP contribution in [0.4, 0.5) is 5.69 Å². The molecule has 0 bridgehead atoms. The van der Waals surface area contributed by atoms with E-state index in [9.17, 15) is 18.5 Å². The fourth-order valence-electron chi connectivity index (χ4n) is 3.49. The monoisotopic (exact) mass is 325 g/mol. The van der Waals surface area contributed by atoms with Crippen molar-refractivity contribution in [1.29, 1.82) is 0 Å². The molecule has 1 N–H and O–H groups in total. The number of benzene rings is 1. The zero-order valence-corrected chi connectivity index (χ0v) is 13.2.